The van der Waals surface area contributed by atoms with Gasteiger partial charge in [0.15, 0.2) is 0 Å². The standard InChI is InChI=1S/C25H25N3O2/c1-3-24(29)28-12-10-20-14-19(7-9-23(20)28)22-8-6-21(13-17(22)2)25(30)27-16-18-5-4-11-26-15-18/h4-9,11,13-15H,3,10,12,16H2,1-2H3,(H,27,30). The number of pyridine rings is 1. The molecule has 0 saturated carbocycles. The van der Waals surface area contributed by atoms with Crippen molar-refractivity contribution in [2.24, 2.45) is 0 Å². The van der Waals surface area contributed by atoms with E-state index in [-0.39, 0.29) is 11.8 Å². The lowest BCUT2D eigenvalue weighted by atomic mass is 9.96. The fraction of sp³-hybridized carbons (Fsp3) is 0.240. The number of carbonyl (C=O) groups is 2. The highest BCUT2D eigenvalue weighted by atomic mass is 16.2. The Kier molecular flexibility index (Phi) is 5.61. The molecule has 0 radical (unpaired) electrons. The van der Waals surface area contributed by atoms with Crippen LogP contribution in [0, 0.1) is 6.92 Å². The Labute approximate surface area is 176 Å². The fourth-order valence-electron chi connectivity index (χ4n) is 3.94. The van der Waals surface area contributed by atoms with Crippen LogP contribution in [0.25, 0.3) is 11.1 Å². The molecule has 1 N–H and O–H groups in total. The summed E-state index contributed by atoms with van der Waals surface area (Å²) in [5, 5.41) is 2.94. The smallest absolute Gasteiger partial charge is 0.251 e. The number of aromatic nitrogens is 1. The van der Waals surface area contributed by atoms with Gasteiger partial charge in [0.05, 0.1) is 0 Å². The number of hydrogen-bond donors (Lipinski definition) is 1. The Morgan fingerprint density at radius 3 is 2.73 bits per heavy atom. The van der Waals surface area contributed by atoms with E-state index in [2.05, 4.69) is 22.4 Å². The van der Waals surface area contributed by atoms with Crippen LogP contribution in [0.5, 0.6) is 0 Å². The number of carbonyl (C=O) groups excluding carboxylic acids is 2. The van der Waals surface area contributed by atoms with E-state index in [9.17, 15) is 9.59 Å². The van der Waals surface area contributed by atoms with Gasteiger partial charge in [0, 0.05) is 43.2 Å². The third-order valence-corrected chi connectivity index (χ3v) is 5.55. The molecule has 0 aliphatic carbocycles. The Morgan fingerprint density at radius 2 is 2.00 bits per heavy atom. The van der Waals surface area contributed by atoms with Crippen molar-refractivity contribution in [2.75, 3.05) is 11.4 Å². The van der Waals surface area contributed by atoms with Crippen LogP contribution in [0.2, 0.25) is 0 Å². The first kappa shape index (κ1) is 19.8. The van der Waals surface area contributed by atoms with Gasteiger partial charge in [-0.25, -0.2) is 0 Å². The molecular weight excluding hydrogens is 374 g/mol. The van der Waals surface area contributed by atoms with E-state index in [4.69, 9.17) is 0 Å². The molecule has 1 aliphatic heterocycles. The molecule has 5 nitrogen and oxygen atoms in total. The Bertz CT molecular complexity index is 1090. The van der Waals surface area contributed by atoms with Crippen LogP contribution in [-0.2, 0) is 17.8 Å². The number of rotatable bonds is 5. The number of amides is 2. The van der Waals surface area contributed by atoms with Gasteiger partial charge in [-0.3, -0.25) is 14.6 Å². The topological polar surface area (TPSA) is 62.3 Å². The van der Waals surface area contributed by atoms with Crippen LogP contribution in [0.15, 0.2) is 60.9 Å². The van der Waals surface area contributed by atoms with Gasteiger partial charge in [-0.1, -0.05) is 25.1 Å². The van der Waals surface area contributed by atoms with Gasteiger partial charge in [0.25, 0.3) is 5.91 Å². The first-order chi connectivity index (χ1) is 14.6. The molecule has 0 atom stereocenters. The van der Waals surface area contributed by atoms with E-state index in [1.54, 1.807) is 12.4 Å². The van der Waals surface area contributed by atoms with Crippen molar-refractivity contribution in [1.82, 2.24) is 10.3 Å². The number of nitrogens with one attached hydrogen (secondary N) is 1. The number of hydrogen-bond acceptors (Lipinski definition) is 3. The fourth-order valence-corrected chi connectivity index (χ4v) is 3.94. The maximum absolute atomic E-state index is 12.5. The lowest BCUT2D eigenvalue weighted by Crippen LogP contribution is -2.27. The SMILES string of the molecule is CCC(=O)N1CCc2cc(-c3ccc(C(=O)NCc4cccnc4)cc3C)ccc21. The number of benzene rings is 2. The summed E-state index contributed by atoms with van der Waals surface area (Å²) in [6.45, 7) is 5.12. The largest absolute Gasteiger partial charge is 0.348 e. The molecule has 1 aliphatic rings. The van der Waals surface area contributed by atoms with Gasteiger partial charge in [-0.2, -0.15) is 0 Å². The van der Waals surface area contributed by atoms with Gasteiger partial charge in [0.2, 0.25) is 5.91 Å². The van der Waals surface area contributed by atoms with Crippen LogP contribution in [0.1, 0.15) is 40.4 Å². The molecule has 0 fully saturated rings. The van der Waals surface area contributed by atoms with Crippen LogP contribution in [0.3, 0.4) is 0 Å². The number of aryl methyl sites for hydroxylation is 1. The quantitative estimate of drug-likeness (QED) is 0.696. The molecule has 0 unspecified atom stereocenters. The zero-order valence-corrected chi connectivity index (χ0v) is 17.3. The summed E-state index contributed by atoms with van der Waals surface area (Å²) >= 11 is 0. The summed E-state index contributed by atoms with van der Waals surface area (Å²) in [4.78, 5) is 30.6. The maximum atomic E-state index is 12.5. The van der Waals surface area contributed by atoms with E-state index in [1.165, 1.54) is 5.56 Å². The second kappa shape index (κ2) is 8.49. The van der Waals surface area contributed by atoms with Crippen molar-refractivity contribution >= 4 is 17.5 Å². The minimum Gasteiger partial charge on any atom is -0.348 e. The van der Waals surface area contributed by atoms with Crippen LogP contribution in [-0.4, -0.2) is 23.3 Å². The lowest BCUT2D eigenvalue weighted by molar-refractivity contribution is -0.118. The molecule has 0 spiro atoms. The van der Waals surface area contributed by atoms with E-state index in [0.29, 0.717) is 18.5 Å². The minimum absolute atomic E-state index is 0.101. The molecule has 0 saturated heterocycles. The van der Waals surface area contributed by atoms with Crippen molar-refractivity contribution in [3.63, 3.8) is 0 Å². The van der Waals surface area contributed by atoms with E-state index >= 15 is 0 Å². The molecule has 152 valence electrons. The molecule has 2 heterocycles. The van der Waals surface area contributed by atoms with Crippen molar-refractivity contribution in [3.05, 3.63) is 83.2 Å². The summed E-state index contributed by atoms with van der Waals surface area (Å²) < 4.78 is 0. The van der Waals surface area contributed by atoms with Crippen molar-refractivity contribution in [3.8, 4) is 11.1 Å². The molecule has 2 amide bonds. The highest BCUT2D eigenvalue weighted by Gasteiger charge is 2.23. The molecule has 30 heavy (non-hydrogen) atoms. The molecule has 0 bridgehead atoms. The van der Waals surface area contributed by atoms with Crippen LogP contribution >= 0.6 is 0 Å². The molecule has 3 aromatic rings. The molecule has 1 aromatic heterocycles. The molecule has 4 rings (SSSR count). The molecular formula is C25H25N3O2. The Morgan fingerprint density at radius 1 is 1.13 bits per heavy atom. The monoisotopic (exact) mass is 399 g/mol. The number of anilines is 1. The highest BCUT2D eigenvalue weighted by molar-refractivity contribution is 5.96. The third-order valence-electron chi connectivity index (χ3n) is 5.55. The number of nitrogens with zero attached hydrogens (tertiary/aromatic N) is 2. The maximum Gasteiger partial charge on any atom is 0.251 e. The predicted octanol–water partition coefficient (Wildman–Crippen LogP) is 4.29. The van der Waals surface area contributed by atoms with Gasteiger partial charge in [0.1, 0.15) is 0 Å². The van der Waals surface area contributed by atoms with Gasteiger partial charge in [-0.15, -0.1) is 0 Å². The summed E-state index contributed by atoms with van der Waals surface area (Å²) in [7, 11) is 0. The van der Waals surface area contributed by atoms with Crippen LogP contribution in [0.4, 0.5) is 5.69 Å². The second-order valence-corrected chi connectivity index (χ2v) is 7.57. The first-order valence-electron chi connectivity index (χ1n) is 10.3. The third kappa shape index (κ3) is 3.96. The average molecular weight is 399 g/mol. The second-order valence-electron chi connectivity index (χ2n) is 7.57. The minimum atomic E-state index is -0.101. The van der Waals surface area contributed by atoms with Gasteiger partial charge in [-0.05, 0) is 71.5 Å². The Hall–Kier alpha value is -3.47. The predicted molar refractivity (Wildman–Crippen MR) is 118 cm³/mol. The summed E-state index contributed by atoms with van der Waals surface area (Å²) in [5.41, 5.74) is 7.08. The average Bonchev–Trinajstić information content (AvgIpc) is 3.20. The summed E-state index contributed by atoms with van der Waals surface area (Å²) in [5.74, 6) is 0.0653. The van der Waals surface area contributed by atoms with Gasteiger partial charge < -0.3 is 10.2 Å². The van der Waals surface area contributed by atoms with E-state index < -0.39 is 0 Å². The summed E-state index contributed by atoms with van der Waals surface area (Å²) in [6.07, 6.45) is 4.86. The zero-order valence-electron chi connectivity index (χ0n) is 17.3. The normalized spacial score (nSPS) is 12.5. The zero-order chi connectivity index (χ0) is 21.1. The first-order valence-corrected chi connectivity index (χ1v) is 10.3. The van der Waals surface area contributed by atoms with E-state index in [0.717, 1.165) is 40.9 Å². The van der Waals surface area contributed by atoms with Crippen molar-refractivity contribution in [2.45, 2.75) is 33.2 Å². The lowest BCUT2D eigenvalue weighted by Gasteiger charge is -2.17. The highest BCUT2D eigenvalue weighted by Crippen LogP contribution is 2.34. The summed E-state index contributed by atoms with van der Waals surface area (Å²) in [6, 6.07) is 15.8. The number of fused-ring (bicyclic) bond motifs is 1. The van der Waals surface area contributed by atoms with E-state index in [1.807, 2.05) is 55.1 Å². The van der Waals surface area contributed by atoms with Gasteiger partial charge >= 0.3 is 0 Å². The van der Waals surface area contributed by atoms with Crippen molar-refractivity contribution < 1.29 is 9.59 Å². The van der Waals surface area contributed by atoms with Crippen molar-refractivity contribution in [1.29, 1.82) is 0 Å². The Balaban J connectivity index is 1.51. The molecule has 5 heteroatoms. The molecule has 2 aromatic carbocycles. The van der Waals surface area contributed by atoms with Crippen LogP contribution < -0.4 is 10.2 Å².